The van der Waals surface area contributed by atoms with E-state index in [0.717, 1.165) is 44.9 Å². The molecule has 14 nitrogen and oxygen atoms in total. The highest BCUT2D eigenvalue weighted by Crippen LogP contribution is 2.30. The Labute approximate surface area is 506 Å². The minimum absolute atomic E-state index is 0.249. The van der Waals surface area contributed by atoms with Crippen LogP contribution in [-0.2, 0) is 23.7 Å². The van der Waals surface area contributed by atoms with E-state index >= 15 is 0 Å². The molecule has 2 aliphatic heterocycles. The highest BCUT2D eigenvalue weighted by atomic mass is 16.7. The Bertz CT molecular complexity index is 1530. The minimum atomic E-state index is -1.79. The molecule has 488 valence electrons. The Kier molecular flexibility index (Phi) is 50.6. The Balaban J connectivity index is 1.57. The van der Waals surface area contributed by atoms with Gasteiger partial charge in [-0.2, -0.15) is 0 Å². The van der Waals surface area contributed by atoms with Crippen molar-refractivity contribution in [2.24, 2.45) is 0 Å². The molecule has 2 heterocycles. The molecule has 83 heavy (non-hydrogen) atoms. The van der Waals surface area contributed by atoms with Crippen LogP contribution in [0.3, 0.4) is 0 Å². The lowest BCUT2D eigenvalue weighted by Crippen LogP contribution is -2.65. The van der Waals surface area contributed by atoms with Gasteiger partial charge in [0.25, 0.3) is 0 Å². The summed E-state index contributed by atoms with van der Waals surface area (Å²) < 4.78 is 22.8. The number of aliphatic hydroxyl groups excluding tert-OH is 8. The molecule has 0 aromatic rings. The normalized spacial score (nSPS) is 24.0. The van der Waals surface area contributed by atoms with Crippen LogP contribution in [0.15, 0.2) is 36.5 Å². The van der Waals surface area contributed by atoms with Gasteiger partial charge < -0.3 is 65.1 Å². The quantitative estimate of drug-likeness (QED) is 0.0204. The van der Waals surface area contributed by atoms with Gasteiger partial charge in [0.15, 0.2) is 12.6 Å². The lowest BCUT2D eigenvalue weighted by atomic mass is 9.97. The van der Waals surface area contributed by atoms with Crippen molar-refractivity contribution < 1.29 is 64.6 Å². The standard InChI is InChI=1S/C69H129NO13/c1-3-5-7-9-11-13-15-17-18-19-20-21-22-23-24-25-26-27-28-29-30-31-32-33-34-35-36-37-38-39-41-43-45-47-49-51-53-61(74)70-57(58(73)52-50-48-46-44-42-40-16-14-12-10-8-6-4-2)56-80-68-66(79)64(77)67(60(55-72)82-68)83-69-65(78)63(76)62(75)59(54-71)81-69/h12,14,42,44,50,52,57-60,62-69,71-73,75-79H,3-11,13,15-41,43,45-49,51,53-56H2,1-2H3,(H,70,74)/b14-12+,44-42+,52-50+. The van der Waals surface area contributed by atoms with Crippen LogP contribution in [-0.4, -0.2) is 140 Å². The highest BCUT2D eigenvalue weighted by Gasteiger charge is 2.51. The number of carbonyl (C=O) groups excluding carboxylic acids is 1. The van der Waals surface area contributed by atoms with E-state index in [-0.39, 0.29) is 18.9 Å². The Hall–Kier alpha value is -1.79. The maximum absolute atomic E-state index is 13.3. The molecule has 2 rings (SSSR count). The van der Waals surface area contributed by atoms with Crippen molar-refractivity contribution in [3.8, 4) is 0 Å². The number of nitrogens with one attached hydrogen (secondary N) is 1. The number of hydrogen-bond acceptors (Lipinski definition) is 13. The molecule has 0 bridgehead atoms. The number of aliphatic hydroxyl groups is 8. The van der Waals surface area contributed by atoms with E-state index in [1.807, 2.05) is 6.08 Å². The fourth-order valence-corrected chi connectivity index (χ4v) is 11.5. The second kappa shape index (κ2) is 54.4. The SMILES string of the molecule is CCCCC/C=C/CC/C=C/CC/C=C/C(O)C(COC1OC(CO)C(OC2OC(CO)C(O)C(O)C2O)C(O)C1O)NC(=O)CCCCCCCCCCCCCCCCCCCCCCCCCCCCCCCCCCCCCC. The average Bonchev–Trinajstić information content (AvgIpc) is 3.65. The topological polar surface area (TPSA) is 228 Å². The third-order valence-corrected chi connectivity index (χ3v) is 17.1. The van der Waals surface area contributed by atoms with Gasteiger partial charge in [-0.1, -0.05) is 288 Å². The van der Waals surface area contributed by atoms with Crippen molar-refractivity contribution in [2.45, 2.75) is 376 Å². The zero-order valence-corrected chi connectivity index (χ0v) is 53.0. The minimum Gasteiger partial charge on any atom is -0.394 e. The summed E-state index contributed by atoms with van der Waals surface area (Å²) in [5, 5.41) is 87.1. The fourth-order valence-electron chi connectivity index (χ4n) is 11.5. The third kappa shape index (κ3) is 39.0. The van der Waals surface area contributed by atoms with Crippen molar-refractivity contribution in [1.82, 2.24) is 5.32 Å². The lowest BCUT2D eigenvalue weighted by molar-refractivity contribution is -0.359. The summed E-state index contributed by atoms with van der Waals surface area (Å²) in [5.74, 6) is -0.249. The van der Waals surface area contributed by atoms with Crippen LogP contribution in [0, 0.1) is 0 Å². The first kappa shape index (κ1) is 77.3. The smallest absolute Gasteiger partial charge is 0.220 e. The summed E-state index contributed by atoms with van der Waals surface area (Å²) in [5.41, 5.74) is 0. The summed E-state index contributed by atoms with van der Waals surface area (Å²) in [4.78, 5) is 13.3. The number of carbonyl (C=O) groups is 1. The number of allylic oxidation sites excluding steroid dienone is 5. The van der Waals surface area contributed by atoms with Crippen molar-refractivity contribution in [3.05, 3.63) is 36.5 Å². The second-order valence-corrected chi connectivity index (χ2v) is 24.6. The third-order valence-electron chi connectivity index (χ3n) is 17.1. The largest absolute Gasteiger partial charge is 0.394 e. The Morgan fingerprint density at radius 1 is 0.422 bits per heavy atom. The monoisotopic (exact) mass is 1180 g/mol. The van der Waals surface area contributed by atoms with Crippen LogP contribution >= 0.6 is 0 Å². The average molecular weight is 1180 g/mol. The first-order valence-corrected chi connectivity index (χ1v) is 34.7. The summed E-state index contributed by atoms with van der Waals surface area (Å²) in [6.45, 7) is 2.76. The first-order valence-electron chi connectivity index (χ1n) is 34.7. The predicted octanol–water partition coefficient (Wildman–Crippen LogP) is 13.7. The number of amides is 1. The van der Waals surface area contributed by atoms with E-state index in [9.17, 15) is 45.6 Å². The van der Waals surface area contributed by atoms with E-state index in [2.05, 4.69) is 43.5 Å². The predicted molar refractivity (Wildman–Crippen MR) is 337 cm³/mol. The molecule has 9 N–H and O–H groups in total. The highest BCUT2D eigenvalue weighted by molar-refractivity contribution is 5.76. The molecular formula is C69H129NO13. The van der Waals surface area contributed by atoms with Crippen LogP contribution in [0.25, 0.3) is 0 Å². The molecule has 2 saturated heterocycles. The molecule has 0 radical (unpaired) electrons. The Morgan fingerprint density at radius 2 is 0.771 bits per heavy atom. The summed E-state index contributed by atoms with van der Waals surface area (Å²) in [7, 11) is 0. The molecule has 1 amide bonds. The van der Waals surface area contributed by atoms with E-state index in [1.54, 1.807) is 6.08 Å². The second-order valence-electron chi connectivity index (χ2n) is 24.6. The van der Waals surface area contributed by atoms with Crippen LogP contribution < -0.4 is 5.32 Å². The molecule has 12 atom stereocenters. The maximum Gasteiger partial charge on any atom is 0.220 e. The zero-order valence-electron chi connectivity index (χ0n) is 53.0. The van der Waals surface area contributed by atoms with Gasteiger partial charge in [0.1, 0.15) is 48.8 Å². The first-order chi connectivity index (χ1) is 40.6. The summed E-state index contributed by atoms with van der Waals surface area (Å²) >= 11 is 0. The molecule has 0 spiro atoms. The molecule has 0 saturated carbocycles. The molecule has 14 heteroatoms. The maximum atomic E-state index is 13.3. The molecule has 0 aliphatic carbocycles. The van der Waals surface area contributed by atoms with Gasteiger partial charge in [-0.3, -0.25) is 4.79 Å². The number of ether oxygens (including phenoxy) is 4. The van der Waals surface area contributed by atoms with Crippen molar-refractivity contribution in [1.29, 1.82) is 0 Å². The fraction of sp³-hybridized carbons (Fsp3) is 0.899. The van der Waals surface area contributed by atoms with E-state index in [1.165, 1.54) is 225 Å². The molecular weight excluding hydrogens is 1050 g/mol. The van der Waals surface area contributed by atoms with Crippen LogP contribution in [0.1, 0.15) is 303 Å². The van der Waals surface area contributed by atoms with Crippen molar-refractivity contribution in [2.75, 3.05) is 19.8 Å². The van der Waals surface area contributed by atoms with Crippen molar-refractivity contribution >= 4 is 5.91 Å². The van der Waals surface area contributed by atoms with Crippen LogP contribution in [0.5, 0.6) is 0 Å². The van der Waals surface area contributed by atoms with Gasteiger partial charge in [-0.25, -0.2) is 0 Å². The van der Waals surface area contributed by atoms with E-state index in [4.69, 9.17) is 18.9 Å². The van der Waals surface area contributed by atoms with Crippen LogP contribution in [0.2, 0.25) is 0 Å². The van der Waals surface area contributed by atoms with E-state index < -0.39 is 86.8 Å². The molecule has 2 fully saturated rings. The molecule has 0 aromatic carbocycles. The molecule has 0 aromatic heterocycles. The van der Waals surface area contributed by atoms with Gasteiger partial charge >= 0.3 is 0 Å². The number of unbranched alkanes of at least 4 members (excludes halogenated alkanes) is 40. The molecule has 12 unspecified atom stereocenters. The van der Waals surface area contributed by atoms with Gasteiger partial charge in [0, 0.05) is 6.42 Å². The van der Waals surface area contributed by atoms with Crippen molar-refractivity contribution in [3.63, 3.8) is 0 Å². The van der Waals surface area contributed by atoms with Gasteiger partial charge in [-0.05, 0) is 44.9 Å². The number of rotatable bonds is 57. The lowest BCUT2D eigenvalue weighted by Gasteiger charge is -2.46. The van der Waals surface area contributed by atoms with Gasteiger partial charge in [-0.15, -0.1) is 0 Å². The van der Waals surface area contributed by atoms with Gasteiger partial charge in [0.2, 0.25) is 5.91 Å². The van der Waals surface area contributed by atoms with Crippen LogP contribution in [0.4, 0.5) is 0 Å². The number of hydrogen-bond donors (Lipinski definition) is 9. The Morgan fingerprint density at radius 3 is 1.18 bits per heavy atom. The zero-order chi connectivity index (χ0) is 60.2. The van der Waals surface area contributed by atoms with Gasteiger partial charge in [0.05, 0.1) is 32.0 Å². The van der Waals surface area contributed by atoms with E-state index in [0.29, 0.717) is 12.8 Å². The summed E-state index contributed by atoms with van der Waals surface area (Å²) in [6.07, 6.45) is 52.4. The molecule has 2 aliphatic rings. The summed E-state index contributed by atoms with van der Waals surface area (Å²) in [6, 6.07) is -0.935.